The van der Waals surface area contributed by atoms with Crippen LogP contribution in [0.25, 0.3) is 0 Å². The first-order chi connectivity index (χ1) is 9.08. The summed E-state index contributed by atoms with van der Waals surface area (Å²) in [4.78, 5) is 0. The average molecular weight is 344 g/mol. The van der Waals surface area contributed by atoms with E-state index in [1.807, 2.05) is 6.07 Å². The van der Waals surface area contributed by atoms with E-state index in [1.165, 1.54) is 0 Å². The van der Waals surface area contributed by atoms with Crippen molar-refractivity contribution in [2.45, 2.75) is 0 Å². The van der Waals surface area contributed by atoms with E-state index in [1.54, 1.807) is 25.5 Å². The number of hydrogen-bond acceptors (Lipinski definition) is 4. The number of rotatable bonds is 6. The summed E-state index contributed by atoms with van der Waals surface area (Å²) in [5, 5.41) is 3.98. The summed E-state index contributed by atoms with van der Waals surface area (Å²) >= 11 is 8.06. The van der Waals surface area contributed by atoms with Crippen LogP contribution in [0.15, 0.2) is 34.4 Å². The van der Waals surface area contributed by atoms with Gasteiger partial charge in [-0.15, -0.1) is 0 Å². The molecule has 19 heavy (non-hydrogen) atoms. The second-order valence-electron chi connectivity index (χ2n) is 3.37. The first kappa shape index (κ1) is 15.5. The molecule has 1 aromatic carbocycles. The Labute approximate surface area is 125 Å². The highest BCUT2D eigenvalue weighted by atomic mass is 79.9. The zero-order valence-electron chi connectivity index (χ0n) is 10.4. The van der Waals surface area contributed by atoms with Crippen LogP contribution in [-0.2, 0) is 0 Å². The van der Waals surface area contributed by atoms with Gasteiger partial charge in [0.2, 0.25) is 0 Å². The third kappa shape index (κ3) is 4.88. The molecule has 0 atom stereocenters. The quantitative estimate of drug-likeness (QED) is 0.358. The first-order valence-electron chi connectivity index (χ1n) is 5.28. The number of benzene rings is 1. The molecule has 0 fully saturated rings. The van der Waals surface area contributed by atoms with Crippen molar-refractivity contribution in [2.24, 2.45) is 10.8 Å². The van der Waals surface area contributed by atoms with Crippen LogP contribution in [0.3, 0.4) is 0 Å². The van der Waals surface area contributed by atoms with Gasteiger partial charge in [0.25, 0.3) is 0 Å². The predicted molar refractivity (Wildman–Crippen MR) is 83.9 cm³/mol. The minimum Gasteiger partial charge on any atom is -0.493 e. The maximum Gasteiger partial charge on any atom is 0.184 e. The number of thiocarbonyl (C=S) groups is 1. The number of methoxy groups -OCH3 is 1. The number of halogens is 1. The summed E-state index contributed by atoms with van der Waals surface area (Å²) in [6.45, 7) is 4.00. The maximum atomic E-state index is 5.51. The summed E-state index contributed by atoms with van der Waals surface area (Å²) in [7, 11) is 1.57. The van der Waals surface area contributed by atoms with Crippen LogP contribution < -0.4 is 20.6 Å². The van der Waals surface area contributed by atoms with Crippen molar-refractivity contribution in [2.75, 3.05) is 13.7 Å². The van der Waals surface area contributed by atoms with E-state index in [2.05, 4.69) is 45.3 Å². The van der Waals surface area contributed by atoms with Crippen molar-refractivity contribution in [3.8, 4) is 11.5 Å². The van der Waals surface area contributed by atoms with Crippen LogP contribution in [0.1, 0.15) is 5.56 Å². The van der Waals surface area contributed by atoms with E-state index >= 15 is 0 Å². The third-order valence-electron chi connectivity index (χ3n) is 1.99. The van der Waals surface area contributed by atoms with Gasteiger partial charge in [-0.1, -0.05) is 12.7 Å². The fourth-order valence-electron chi connectivity index (χ4n) is 1.27. The molecule has 0 spiro atoms. The summed E-state index contributed by atoms with van der Waals surface area (Å²) in [5.41, 5.74) is 8.55. The molecule has 0 aromatic heterocycles. The minimum absolute atomic E-state index is 0.105. The number of nitrogens with two attached hydrogens (primary N) is 1. The molecule has 0 unspecified atom stereocenters. The van der Waals surface area contributed by atoms with Crippen LogP contribution >= 0.6 is 28.1 Å². The van der Waals surface area contributed by atoms with Crippen molar-refractivity contribution in [1.82, 2.24) is 5.43 Å². The van der Waals surface area contributed by atoms with Crippen LogP contribution in [-0.4, -0.2) is 25.0 Å². The molecule has 0 aliphatic heterocycles. The smallest absolute Gasteiger partial charge is 0.184 e. The highest BCUT2D eigenvalue weighted by Crippen LogP contribution is 2.36. The van der Waals surface area contributed by atoms with Gasteiger partial charge < -0.3 is 15.2 Å². The van der Waals surface area contributed by atoms with Gasteiger partial charge in [-0.25, -0.2) is 0 Å². The van der Waals surface area contributed by atoms with Crippen LogP contribution in [0, 0.1) is 0 Å². The van der Waals surface area contributed by atoms with Gasteiger partial charge in [0.05, 0.1) is 17.8 Å². The predicted octanol–water partition coefficient (Wildman–Crippen LogP) is 2.19. The second-order valence-corrected chi connectivity index (χ2v) is 4.66. The fraction of sp³-hybridized carbons (Fsp3) is 0.167. The number of nitrogens with one attached hydrogen (secondary N) is 1. The highest BCUT2D eigenvalue weighted by molar-refractivity contribution is 9.10. The topological polar surface area (TPSA) is 68.9 Å². The SMILES string of the molecule is C=CCOc1c(Br)cc(/C=N/NC(N)=S)cc1OC. The Bertz CT molecular complexity index is 506. The van der Waals surface area contributed by atoms with Gasteiger partial charge in [-0.3, -0.25) is 5.43 Å². The Kier molecular flexibility index (Phi) is 6.31. The van der Waals surface area contributed by atoms with E-state index in [4.69, 9.17) is 15.2 Å². The van der Waals surface area contributed by atoms with Gasteiger partial charge in [0.1, 0.15) is 6.61 Å². The number of hydrogen-bond donors (Lipinski definition) is 2. The fourth-order valence-corrected chi connectivity index (χ4v) is 1.89. The zero-order chi connectivity index (χ0) is 14.3. The molecule has 1 aromatic rings. The molecule has 0 aliphatic rings. The lowest BCUT2D eigenvalue weighted by Gasteiger charge is -2.12. The monoisotopic (exact) mass is 343 g/mol. The van der Waals surface area contributed by atoms with Gasteiger partial charge in [-0.05, 0) is 45.8 Å². The summed E-state index contributed by atoms with van der Waals surface area (Å²) < 4.78 is 11.5. The van der Waals surface area contributed by atoms with Crippen molar-refractivity contribution >= 4 is 39.5 Å². The lowest BCUT2D eigenvalue weighted by molar-refractivity contribution is 0.324. The van der Waals surface area contributed by atoms with E-state index in [0.717, 1.165) is 10.0 Å². The van der Waals surface area contributed by atoms with Crippen LogP contribution in [0.2, 0.25) is 0 Å². The Morgan fingerprint density at radius 2 is 2.37 bits per heavy atom. The molecule has 0 heterocycles. The van der Waals surface area contributed by atoms with Gasteiger partial charge in [-0.2, -0.15) is 5.10 Å². The molecule has 1 rings (SSSR count). The lowest BCUT2D eigenvalue weighted by atomic mass is 10.2. The van der Waals surface area contributed by atoms with Crippen molar-refractivity contribution < 1.29 is 9.47 Å². The zero-order valence-corrected chi connectivity index (χ0v) is 12.8. The average Bonchev–Trinajstić information content (AvgIpc) is 2.36. The molecular weight excluding hydrogens is 330 g/mol. The molecule has 0 radical (unpaired) electrons. The minimum atomic E-state index is 0.105. The van der Waals surface area contributed by atoms with Crippen molar-refractivity contribution in [3.05, 3.63) is 34.8 Å². The van der Waals surface area contributed by atoms with E-state index in [9.17, 15) is 0 Å². The summed E-state index contributed by atoms with van der Waals surface area (Å²) in [6.07, 6.45) is 3.23. The number of nitrogens with zero attached hydrogens (tertiary/aromatic N) is 1. The molecule has 0 bridgehead atoms. The number of hydrazone groups is 1. The lowest BCUT2D eigenvalue weighted by Crippen LogP contribution is -2.23. The first-order valence-corrected chi connectivity index (χ1v) is 6.48. The molecule has 102 valence electrons. The van der Waals surface area contributed by atoms with Crippen molar-refractivity contribution in [1.29, 1.82) is 0 Å². The van der Waals surface area contributed by atoms with Crippen molar-refractivity contribution in [3.63, 3.8) is 0 Å². The van der Waals surface area contributed by atoms with Crippen LogP contribution in [0.5, 0.6) is 11.5 Å². The number of ether oxygens (including phenoxy) is 2. The van der Waals surface area contributed by atoms with E-state index in [-0.39, 0.29) is 5.11 Å². The highest BCUT2D eigenvalue weighted by Gasteiger charge is 2.10. The Balaban J connectivity index is 2.98. The third-order valence-corrected chi connectivity index (χ3v) is 2.67. The maximum absolute atomic E-state index is 5.51. The summed E-state index contributed by atoms with van der Waals surface area (Å²) in [5.74, 6) is 1.20. The largest absolute Gasteiger partial charge is 0.493 e. The molecule has 0 aliphatic carbocycles. The van der Waals surface area contributed by atoms with Gasteiger partial charge >= 0.3 is 0 Å². The van der Waals surface area contributed by atoms with Crippen LogP contribution in [0.4, 0.5) is 0 Å². The standard InChI is InChI=1S/C12H14BrN3O2S/c1-3-4-18-11-9(13)5-8(6-10(11)17-2)7-15-16-12(14)19/h3,5-7H,1,4H2,2H3,(H3,14,16,19)/b15-7+. The molecule has 0 saturated heterocycles. The molecule has 0 amide bonds. The second kappa shape index (κ2) is 7.75. The van der Waals surface area contributed by atoms with E-state index < -0.39 is 0 Å². The van der Waals surface area contributed by atoms with Gasteiger partial charge in [0, 0.05) is 0 Å². The molecule has 0 saturated carbocycles. The van der Waals surface area contributed by atoms with Gasteiger partial charge in [0.15, 0.2) is 16.6 Å². The normalized spacial score (nSPS) is 10.2. The Hall–Kier alpha value is -1.60. The molecule has 7 heteroatoms. The Morgan fingerprint density at radius 1 is 1.63 bits per heavy atom. The Morgan fingerprint density at radius 3 is 2.95 bits per heavy atom. The molecule has 3 N–H and O–H groups in total. The van der Waals surface area contributed by atoms with E-state index in [0.29, 0.717) is 18.1 Å². The summed E-state index contributed by atoms with van der Waals surface area (Å²) in [6, 6.07) is 3.62. The molecular formula is C12H14BrN3O2S. The molecule has 5 nitrogen and oxygen atoms in total.